The molecule has 2 aromatic rings. The predicted molar refractivity (Wildman–Crippen MR) is 60.9 cm³/mol. The van der Waals surface area contributed by atoms with Crippen LogP contribution >= 0.6 is 0 Å². The van der Waals surface area contributed by atoms with E-state index in [-0.39, 0.29) is 0 Å². The van der Waals surface area contributed by atoms with Crippen LogP contribution in [0.15, 0.2) is 36.4 Å². The largest absolute Gasteiger partial charge is 0.231 e. The van der Waals surface area contributed by atoms with Crippen molar-refractivity contribution in [1.29, 1.82) is 0 Å². The maximum Gasteiger partial charge on any atom is 0.0929 e. The molecule has 0 bridgehead atoms. The molecule has 1 aromatic heterocycles. The molecule has 1 heterocycles. The summed E-state index contributed by atoms with van der Waals surface area (Å²) >= 11 is 0. The van der Waals surface area contributed by atoms with Gasteiger partial charge < -0.3 is 0 Å². The molecule has 0 N–H and O–H groups in total. The van der Waals surface area contributed by atoms with Gasteiger partial charge in [0.15, 0.2) is 0 Å². The molecule has 2 nitrogen and oxygen atoms in total. The second kappa shape index (κ2) is 4.30. The fraction of sp³-hybridized carbons (Fsp3) is 0.308. The number of rotatable bonds is 3. The molecular weight excluding hydrogens is 184 g/mol. The Bertz CT molecular complexity index is 415. The molecule has 0 aliphatic carbocycles. The van der Waals surface area contributed by atoms with E-state index >= 15 is 0 Å². The third-order valence-electron chi connectivity index (χ3n) is 2.20. The van der Waals surface area contributed by atoms with E-state index in [2.05, 4.69) is 25.1 Å². The average molecular weight is 199 g/mol. The molecule has 0 atom stereocenters. The minimum Gasteiger partial charge on any atom is -0.231 e. The van der Waals surface area contributed by atoms with Crippen molar-refractivity contribution in [2.24, 2.45) is 5.92 Å². The van der Waals surface area contributed by atoms with Crippen LogP contribution in [-0.2, 0) is 6.42 Å². The third kappa shape index (κ3) is 2.46. The van der Waals surface area contributed by atoms with Crippen LogP contribution in [-0.4, -0.2) is 9.78 Å². The summed E-state index contributed by atoms with van der Waals surface area (Å²) in [6, 6.07) is 12.0. The molecule has 2 rings (SSSR count). The van der Waals surface area contributed by atoms with Crippen molar-refractivity contribution in [1.82, 2.24) is 9.78 Å². The first kappa shape index (κ1) is 9.97. The first-order valence-electron chi connectivity index (χ1n) is 5.28. The van der Waals surface area contributed by atoms with Crippen molar-refractivity contribution >= 4 is 0 Å². The van der Waals surface area contributed by atoms with Crippen molar-refractivity contribution in [3.8, 4) is 5.69 Å². The maximum atomic E-state index is 4.48. The molecule has 0 saturated carbocycles. The zero-order chi connectivity index (χ0) is 10.7. The molecule has 0 aliphatic heterocycles. The molecule has 0 aliphatic rings. The van der Waals surface area contributed by atoms with Crippen LogP contribution in [0, 0.1) is 12.1 Å². The van der Waals surface area contributed by atoms with Crippen LogP contribution in [0.3, 0.4) is 0 Å². The van der Waals surface area contributed by atoms with E-state index in [0.717, 1.165) is 17.8 Å². The van der Waals surface area contributed by atoms with E-state index in [9.17, 15) is 0 Å². The van der Waals surface area contributed by atoms with Gasteiger partial charge in [0.2, 0.25) is 0 Å². The molecule has 1 radical (unpaired) electrons. The number of hydrogen-bond acceptors (Lipinski definition) is 1. The average Bonchev–Trinajstić information content (AvgIpc) is 2.67. The standard InChI is InChI=1S/C13H15N2/c1-11(2)10-12-8-9-15(14-12)13-6-4-3-5-7-13/h3-8,11H,10H2,1-2H3. The number of nitrogens with zero attached hydrogens (tertiary/aromatic N) is 2. The van der Waals surface area contributed by atoms with E-state index in [0.29, 0.717) is 5.92 Å². The Balaban J connectivity index is 2.21. The summed E-state index contributed by atoms with van der Waals surface area (Å²) in [4.78, 5) is 0. The van der Waals surface area contributed by atoms with E-state index in [1.165, 1.54) is 0 Å². The Hall–Kier alpha value is -1.57. The number of hydrogen-bond donors (Lipinski definition) is 0. The van der Waals surface area contributed by atoms with Gasteiger partial charge in [0.05, 0.1) is 17.6 Å². The Morgan fingerprint density at radius 2 is 2.00 bits per heavy atom. The summed E-state index contributed by atoms with van der Waals surface area (Å²) < 4.78 is 1.80. The van der Waals surface area contributed by atoms with Gasteiger partial charge in [-0.05, 0) is 30.5 Å². The molecule has 2 heteroatoms. The van der Waals surface area contributed by atoms with Gasteiger partial charge in [-0.2, -0.15) is 5.10 Å². The van der Waals surface area contributed by atoms with Crippen molar-refractivity contribution < 1.29 is 0 Å². The third-order valence-corrected chi connectivity index (χ3v) is 2.20. The van der Waals surface area contributed by atoms with Crippen LogP contribution in [0.2, 0.25) is 0 Å². The Kier molecular flexibility index (Phi) is 2.86. The Labute approximate surface area is 90.6 Å². The predicted octanol–water partition coefficient (Wildman–Crippen LogP) is 2.87. The van der Waals surface area contributed by atoms with Gasteiger partial charge in [0.25, 0.3) is 0 Å². The monoisotopic (exact) mass is 199 g/mol. The second-order valence-electron chi connectivity index (χ2n) is 4.11. The summed E-state index contributed by atoms with van der Waals surface area (Å²) in [5, 5.41) is 4.48. The molecule has 77 valence electrons. The molecule has 0 spiro atoms. The molecule has 0 amide bonds. The molecule has 0 fully saturated rings. The normalized spacial score (nSPS) is 10.9. The number of aromatic nitrogens is 2. The van der Waals surface area contributed by atoms with E-state index in [1.807, 2.05) is 36.4 Å². The van der Waals surface area contributed by atoms with Crippen molar-refractivity contribution in [2.45, 2.75) is 20.3 Å². The van der Waals surface area contributed by atoms with E-state index < -0.39 is 0 Å². The van der Waals surface area contributed by atoms with Gasteiger partial charge in [0.1, 0.15) is 0 Å². The van der Waals surface area contributed by atoms with Gasteiger partial charge in [-0.25, -0.2) is 4.68 Å². The lowest BCUT2D eigenvalue weighted by molar-refractivity contribution is 0.628. The summed E-state index contributed by atoms with van der Waals surface area (Å²) in [6.45, 7) is 4.39. The first-order chi connectivity index (χ1) is 7.25. The van der Waals surface area contributed by atoms with Gasteiger partial charge in [-0.1, -0.05) is 32.0 Å². The van der Waals surface area contributed by atoms with Gasteiger partial charge >= 0.3 is 0 Å². The first-order valence-corrected chi connectivity index (χ1v) is 5.28. The fourth-order valence-corrected chi connectivity index (χ4v) is 1.54. The van der Waals surface area contributed by atoms with Crippen molar-refractivity contribution in [3.63, 3.8) is 0 Å². The number of para-hydroxylation sites is 1. The van der Waals surface area contributed by atoms with Crippen LogP contribution in [0.4, 0.5) is 0 Å². The molecule has 1 aromatic carbocycles. The Morgan fingerprint density at radius 3 is 2.67 bits per heavy atom. The van der Waals surface area contributed by atoms with Crippen LogP contribution in [0.5, 0.6) is 0 Å². The number of benzene rings is 1. The van der Waals surface area contributed by atoms with Crippen LogP contribution in [0.25, 0.3) is 5.69 Å². The van der Waals surface area contributed by atoms with E-state index in [4.69, 9.17) is 0 Å². The quantitative estimate of drug-likeness (QED) is 0.743. The Morgan fingerprint density at radius 1 is 1.27 bits per heavy atom. The van der Waals surface area contributed by atoms with Crippen LogP contribution in [0.1, 0.15) is 19.5 Å². The summed E-state index contributed by atoms with van der Waals surface area (Å²) in [7, 11) is 0. The van der Waals surface area contributed by atoms with Gasteiger partial charge in [0, 0.05) is 0 Å². The lowest BCUT2D eigenvalue weighted by atomic mass is 10.1. The van der Waals surface area contributed by atoms with E-state index in [1.54, 1.807) is 4.68 Å². The highest BCUT2D eigenvalue weighted by molar-refractivity contribution is 5.30. The van der Waals surface area contributed by atoms with Gasteiger partial charge in [-0.3, -0.25) is 0 Å². The highest BCUT2D eigenvalue weighted by Gasteiger charge is 2.03. The van der Waals surface area contributed by atoms with Gasteiger partial charge in [-0.15, -0.1) is 0 Å². The molecular formula is C13H15N2. The van der Waals surface area contributed by atoms with Crippen LogP contribution < -0.4 is 0 Å². The highest BCUT2D eigenvalue weighted by Crippen LogP contribution is 2.09. The minimum absolute atomic E-state index is 0.637. The SMILES string of the molecule is CC(C)Cc1c[c]n(-c2ccccc2)n1. The zero-order valence-electron chi connectivity index (χ0n) is 9.14. The zero-order valence-corrected chi connectivity index (χ0v) is 9.14. The lowest BCUT2D eigenvalue weighted by Crippen LogP contribution is -1.98. The van der Waals surface area contributed by atoms with Crippen molar-refractivity contribution in [2.75, 3.05) is 0 Å². The topological polar surface area (TPSA) is 17.8 Å². The smallest absolute Gasteiger partial charge is 0.0929 e. The minimum atomic E-state index is 0.637. The fourth-order valence-electron chi connectivity index (χ4n) is 1.54. The summed E-state index contributed by atoms with van der Waals surface area (Å²) in [6.07, 6.45) is 4.14. The summed E-state index contributed by atoms with van der Waals surface area (Å²) in [5.74, 6) is 0.637. The molecule has 15 heavy (non-hydrogen) atoms. The maximum absolute atomic E-state index is 4.48. The highest BCUT2D eigenvalue weighted by atomic mass is 15.3. The molecule has 0 unspecified atom stereocenters. The lowest BCUT2D eigenvalue weighted by Gasteiger charge is -2.01. The molecule has 0 saturated heterocycles. The summed E-state index contributed by atoms with van der Waals surface area (Å²) in [5.41, 5.74) is 2.17. The van der Waals surface area contributed by atoms with Crippen molar-refractivity contribution in [3.05, 3.63) is 48.3 Å². The second-order valence-corrected chi connectivity index (χ2v) is 4.11.